The monoisotopic (exact) mass is 609 g/mol. The number of nitrogens with zero attached hydrogens (tertiary/aromatic N) is 2. The van der Waals surface area contributed by atoms with Crippen molar-refractivity contribution in [2.45, 2.75) is 46.2 Å². The summed E-state index contributed by atoms with van der Waals surface area (Å²) in [5.41, 5.74) is 0.863. The molecular formula is C25H31Cl4N3O4S. The van der Waals surface area contributed by atoms with Crippen LogP contribution in [-0.4, -0.2) is 50.5 Å². The molecule has 0 bridgehead atoms. The summed E-state index contributed by atoms with van der Waals surface area (Å²) in [7, 11) is -3.71. The second-order valence-corrected chi connectivity index (χ2v) is 12.7. The van der Waals surface area contributed by atoms with Crippen LogP contribution >= 0.6 is 46.4 Å². The summed E-state index contributed by atoms with van der Waals surface area (Å²) in [6.45, 7) is 6.14. The van der Waals surface area contributed by atoms with Gasteiger partial charge in [-0.2, -0.15) is 0 Å². The Labute approximate surface area is 239 Å². The van der Waals surface area contributed by atoms with E-state index in [4.69, 9.17) is 46.4 Å². The van der Waals surface area contributed by atoms with Crippen molar-refractivity contribution in [3.63, 3.8) is 0 Å². The quantitative estimate of drug-likeness (QED) is 0.318. The van der Waals surface area contributed by atoms with Gasteiger partial charge in [0.25, 0.3) is 0 Å². The van der Waals surface area contributed by atoms with Crippen LogP contribution in [-0.2, 0) is 26.2 Å². The number of benzene rings is 2. The number of hydrogen-bond donors (Lipinski definition) is 1. The van der Waals surface area contributed by atoms with Crippen LogP contribution in [0.3, 0.4) is 0 Å². The highest BCUT2D eigenvalue weighted by Gasteiger charge is 2.27. The number of anilines is 1. The number of halogens is 4. The van der Waals surface area contributed by atoms with Crippen molar-refractivity contribution < 1.29 is 18.0 Å². The highest BCUT2D eigenvalue weighted by Crippen LogP contribution is 2.31. The maximum atomic E-state index is 13.4. The molecule has 2 rings (SSSR count). The summed E-state index contributed by atoms with van der Waals surface area (Å²) >= 11 is 24.6. The van der Waals surface area contributed by atoms with E-state index in [0.717, 1.165) is 10.6 Å². The van der Waals surface area contributed by atoms with Gasteiger partial charge >= 0.3 is 0 Å². The second-order valence-electron chi connectivity index (χ2n) is 9.11. The van der Waals surface area contributed by atoms with Crippen LogP contribution in [0.25, 0.3) is 0 Å². The third kappa shape index (κ3) is 9.52. The molecular weight excluding hydrogens is 580 g/mol. The lowest BCUT2D eigenvalue weighted by Crippen LogP contribution is -2.48. The third-order valence-electron chi connectivity index (χ3n) is 5.54. The van der Waals surface area contributed by atoms with Gasteiger partial charge in [0.2, 0.25) is 21.8 Å². The summed E-state index contributed by atoms with van der Waals surface area (Å²) in [5.74, 6) is -0.384. The zero-order chi connectivity index (χ0) is 27.9. The molecule has 2 amide bonds. The molecule has 204 valence electrons. The number of rotatable bonds is 12. The van der Waals surface area contributed by atoms with Gasteiger partial charge in [0.05, 0.1) is 17.0 Å². The van der Waals surface area contributed by atoms with Gasteiger partial charge in [-0.25, -0.2) is 8.42 Å². The molecule has 37 heavy (non-hydrogen) atoms. The van der Waals surface area contributed by atoms with Gasteiger partial charge in [0, 0.05) is 41.1 Å². The van der Waals surface area contributed by atoms with Crippen LogP contribution in [0.4, 0.5) is 5.69 Å². The fourth-order valence-electron chi connectivity index (χ4n) is 3.53. The molecule has 0 aliphatic heterocycles. The van der Waals surface area contributed by atoms with Crippen LogP contribution < -0.4 is 9.62 Å². The highest BCUT2D eigenvalue weighted by atomic mass is 35.5. The first-order valence-electron chi connectivity index (χ1n) is 11.6. The SMILES string of the molecule is CC(C)CNC(=O)[C@@H](C)N(Cc1ccc(Cl)cc1Cl)C(=O)CCCN(c1cc(Cl)ccc1Cl)S(C)(=O)=O. The van der Waals surface area contributed by atoms with Gasteiger partial charge in [0.1, 0.15) is 6.04 Å². The standard InChI is InChI=1S/C25H31Cl4N3O4S/c1-16(2)14-30-25(34)17(3)31(15-18-7-8-19(26)12-22(18)29)24(33)6-5-11-32(37(4,35)36)23-13-20(27)9-10-21(23)28/h7-10,12-13,16-17H,5-6,11,14-15H2,1-4H3,(H,30,34)/t17-/m1/s1. The van der Waals surface area contributed by atoms with E-state index in [1.165, 1.54) is 17.0 Å². The molecule has 2 aromatic rings. The normalized spacial score (nSPS) is 12.4. The Morgan fingerprint density at radius 3 is 2.16 bits per heavy atom. The van der Waals surface area contributed by atoms with Crippen molar-refractivity contribution >= 4 is 73.9 Å². The lowest BCUT2D eigenvalue weighted by atomic mass is 10.1. The van der Waals surface area contributed by atoms with Crippen LogP contribution in [0, 0.1) is 5.92 Å². The highest BCUT2D eigenvalue weighted by molar-refractivity contribution is 7.92. The van der Waals surface area contributed by atoms with E-state index in [1.807, 2.05) is 13.8 Å². The van der Waals surface area contributed by atoms with Crippen molar-refractivity contribution in [3.05, 3.63) is 62.1 Å². The average molecular weight is 611 g/mol. The maximum absolute atomic E-state index is 13.4. The first-order valence-corrected chi connectivity index (χ1v) is 15.0. The van der Waals surface area contributed by atoms with Gasteiger partial charge in [-0.05, 0) is 55.2 Å². The number of hydrogen-bond acceptors (Lipinski definition) is 4. The number of nitrogens with one attached hydrogen (secondary N) is 1. The van der Waals surface area contributed by atoms with Crippen molar-refractivity contribution in [2.75, 3.05) is 23.7 Å². The summed E-state index contributed by atoms with van der Waals surface area (Å²) in [4.78, 5) is 27.6. The van der Waals surface area contributed by atoms with Gasteiger partial charge in [-0.15, -0.1) is 0 Å². The molecule has 0 heterocycles. The minimum absolute atomic E-state index is 0.00585. The van der Waals surface area contributed by atoms with Crippen molar-refractivity contribution in [2.24, 2.45) is 5.92 Å². The van der Waals surface area contributed by atoms with Crippen molar-refractivity contribution in [1.29, 1.82) is 0 Å². The fourth-order valence-corrected chi connectivity index (χ4v) is 5.40. The molecule has 7 nitrogen and oxygen atoms in total. The van der Waals surface area contributed by atoms with Crippen molar-refractivity contribution in [3.8, 4) is 0 Å². The van der Waals surface area contributed by atoms with Crippen LogP contribution in [0.5, 0.6) is 0 Å². The molecule has 1 N–H and O–H groups in total. The Morgan fingerprint density at radius 2 is 1.57 bits per heavy atom. The Morgan fingerprint density at radius 1 is 0.946 bits per heavy atom. The number of carbonyl (C=O) groups excluding carboxylic acids is 2. The predicted molar refractivity (Wildman–Crippen MR) is 152 cm³/mol. The zero-order valence-electron chi connectivity index (χ0n) is 21.1. The topological polar surface area (TPSA) is 86.8 Å². The summed E-state index contributed by atoms with van der Waals surface area (Å²) in [6, 6.07) is 8.68. The lowest BCUT2D eigenvalue weighted by molar-refractivity contribution is -0.140. The summed E-state index contributed by atoms with van der Waals surface area (Å²) in [5, 5.41) is 4.23. The number of carbonyl (C=O) groups is 2. The Kier molecular flexibility index (Phi) is 11.8. The first kappa shape index (κ1) is 31.5. The smallest absolute Gasteiger partial charge is 0.242 e. The Hall–Kier alpha value is -1.71. The fraction of sp³-hybridized carbons (Fsp3) is 0.440. The van der Waals surface area contributed by atoms with E-state index in [9.17, 15) is 18.0 Å². The van der Waals surface area contributed by atoms with Crippen LogP contribution in [0.1, 0.15) is 39.2 Å². The molecule has 0 aromatic heterocycles. The maximum Gasteiger partial charge on any atom is 0.242 e. The van der Waals surface area contributed by atoms with E-state index >= 15 is 0 Å². The van der Waals surface area contributed by atoms with Crippen molar-refractivity contribution in [1.82, 2.24) is 10.2 Å². The van der Waals surface area contributed by atoms with E-state index in [1.54, 1.807) is 31.2 Å². The molecule has 2 aromatic carbocycles. The molecule has 0 radical (unpaired) electrons. The van der Waals surface area contributed by atoms with Gasteiger partial charge in [0.15, 0.2) is 0 Å². The third-order valence-corrected chi connectivity index (χ3v) is 7.86. The molecule has 0 unspecified atom stereocenters. The van der Waals surface area contributed by atoms with E-state index in [2.05, 4.69) is 5.32 Å². The van der Waals surface area contributed by atoms with E-state index < -0.39 is 16.1 Å². The van der Waals surface area contributed by atoms with E-state index in [0.29, 0.717) is 27.2 Å². The molecule has 0 spiro atoms. The predicted octanol–water partition coefficient (Wildman–Crippen LogP) is 6.04. The minimum Gasteiger partial charge on any atom is -0.354 e. The second kappa shape index (κ2) is 13.9. The molecule has 0 saturated carbocycles. The molecule has 0 aliphatic rings. The zero-order valence-corrected chi connectivity index (χ0v) is 24.9. The molecule has 0 aliphatic carbocycles. The van der Waals surface area contributed by atoms with Gasteiger partial charge in [-0.1, -0.05) is 66.3 Å². The molecule has 1 atom stereocenters. The summed E-state index contributed by atoms with van der Waals surface area (Å²) < 4.78 is 26.1. The largest absolute Gasteiger partial charge is 0.354 e. The van der Waals surface area contributed by atoms with Crippen LogP contribution in [0.15, 0.2) is 36.4 Å². The Bertz CT molecular complexity index is 1220. The number of sulfonamides is 1. The number of amides is 2. The average Bonchev–Trinajstić information content (AvgIpc) is 2.80. The molecule has 0 fully saturated rings. The van der Waals surface area contributed by atoms with E-state index in [-0.39, 0.29) is 54.4 Å². The molecule has 0 saturated heterocycles. The summed E-state index contributed by atoms with van der Waals surface area (Å²) in [6.07, 6.45) is 1.22. The molecule has 12 heteroatoms. The van der Waals surface area contributed by atoms with Gasteiger partial charge in [-0.3, -0.25) is 13.9 Å². The van der Waals surface area contributed by atoms with Crippen LogP contribution in [0.2, 0.25) is 20.1 Å². The lowest BCUT2D eigenvalue weighted by Gasteiger charge is -2.30. The Balaban J connectivity index is 2.23. The van der Waals surface area contributed by atoms with Gasteiger partial charge < -0.3 is 10.2 Å². The first-order chi connectivity index (χ1) is 17.2. The minimum atomic E-state index is -3.71.